The quantitative estimate of drug-likeness (QED) is 0.296. The lowest BCUT2D eigenvalue weighted by Crippen LogP contribution is -2.21. The van der Waals surface area contributed by atoms with Crippen LogP contribution >= 0.6 is 11.3 Å². The van der Waals surface area contributed by atoms with Gasteiger partial charge in [-0.3, -0.25) is 10.1 Å². The van der Waals surface area contributed by atoms with Crippen molar-refractivity contribution in [2.24, 2.45) is 0 Å². The fourth-order valence-corrected chi connectivity index (χ4v) is 4.87. The molecule has 4 rings (SSSR count). The van der Waals surface area contributed by atoms with Crippen molar-refractivity contribution in [2.75, 3.05) is 20.6 Å². The van der Waals surface area contributed by atoms with E-state index < -0.39 is 0 Å². The average Bonchev–Trinajstić information content (AvgIpc) is 3.62. The highest BCUT2D eigenvalue weighted by molar-refractivity contribution is 7.11. The zero-order valence-corrected chi connectivity index (χ0v) is 22.8. The Bertz CT molecular complexity index is 1530. The van der Waals surface area contributed by atoms with Gasteiger partial charge >= 0.3 is 0 Å². The predicted molar refractivity (Wildman–Crippen MR) is 157 cm³/mol. The number of imidazole rings is 1. The number of allylic oxidation sites excluding steroid dienone is 4. The van der Waals surface area contributed by atoms with Crippen LogP contribution in [0.1, 0.15) is 40.7 Å². The highest BCUT2D eigenvalue weighted by Crippen LogP contribution is 2.29. The molecular formula is C30H34N6S. The van der Waals surface area contributed by atoms with Gasteiger partial charge in [0.1, 0.15) is 5.69 Å². The number of hydrogen-bond donors (Lipinski definition) is 2. The monoisotopic (exact) mass is 510 g/mol. The van der Waals surface area contributed by atoms with Gasteiger partial charge in [0.2, 0.25) is 0 Å². The Morgan fingerprint density at radius 2 is 2.05 bits per heavy atom. The summed E-state index contributed by atoms with van der Waals surface area (Å²) in [6.07, 6.45) is 13.9. The Hall–Kier alpha value is -3.81. The fourth-order valence-electron chi connectivity index (χ4n) is 4.12. The highest BCUT2D eigenvalue weighted by Gasteiger charge is 2.16. The molecule has 6 nitrogen and oxygen atoms in total. The van der Waals surface area contributed by atoms with Crippen LogP contribution in [0.5, 0.6) is 0 Å². The summed E-state index contributed by atoms with van der Waals surface area (Å²) in [5.74, 6) is 0.690. The molecular weight excluding hydrogens is 476 g/mol. The summed E-state index contributed by atoms with van der Waals surface area (Å²) < 4.78 is 0. The van der Waals surface area contributed by atoms with Crippen molar-refractivity contribution in [3.63, 3.8) is 0 Å². The lowest BCUT2D eigenvalue weighted by molar-refractivity contribution is 0.400. The number of rotatable bonds is 10. The molecule has 0 fully saturated rings. The Morgan fingerprint density at radius 3 is 2.78 bits per heavy atom. The lowest BCUT2D eigenvalue weighted by Gasteiger charge is -2.09. The SMILES string of the molecule is C=C/C=C(/c1cccs1)c1nc(-c2n[nH]/c(=C/C=C(\C)c3cncc(CCCN(C)C)c3)c2=C)[nH]c1C. The van der Waals surface area contributed by atoms with Gasteiger partial charge in [0.05, 0.1) is 11.0 Å². The molecule has 0 unspecified atom stereocenters. The van der Waals surface area contributed by atoms with Crippen molar-refractivity contribution in [1.29, 1.82) is 0 Å². The van der Waals surface area contributed by atoms with E-state index >= 15 is 0 Å². The minimum absolute atomic E-state index is 0.690. The molecule has 7 heteroatoms. The first kappa shape index (κ1) is 26.3. The van der Waals surface area contributed by atoms with Crippen molar-refractivity contribution in [2.45, 2.75) is 26.7 Å². The number of aryl methyl sites for hydroxylation is 2. The Balaban J connectivity index is 1.59. The van der Waals surface area contributed by atoms with Crippen molar-refractivity contribution < 1.29 is 0 Å². The number of aromatic amines is 2. The van der Waals surface area contributed by atoms with Crippen LogP contribution in [0.25, 0.3) is 35.3 Å². The number of nitrogens with zero attached hydrogens (tertiary/aromatic N) is 4. The molecule has 0 aromatic carbocycles. The molecule has 0 amide bonds. The van der Waals surface area contributed by atoms with Crippen LogP contribution in [0.3, 0.4) is 0 Å². The van der Waals surface area contributed by atoms with Gasteiger partial charge in [-0.15, -0.1) is 11.3 Å². The second-order valence-corrected chi connectivity index (χ2v) is 10.3. The van der Waals surface area contributed by atoms with E-state index in [-0.39, 0.29) is 0 Å². The Kier molecular flexibility index (Phi) is 8.48. The molecule has 4 aromatic rings. The van der Waals surface area contributed by atoms with E-state index in [1.807, 2.05) is 37.5 Å². The Morgan fingerprint density at radius 1 is 1.22 bits per heavy atom. The molecule has 0 aliphatic carbocycles. The molecule has 0 saturated heterocycles. The van der Waals surface area contributed by atoms with Crippen LogP contribution in [0, 0.1) is 6.92 Å². The summed E-state index contributed by atoms with van der Waals surface area (Å²) >= 11 is 1.68. The Labute approximate surface area is 222 Å². The van der Waals surface area contributed by atoms with Gasteiger partial charge in [0.25, 0.3) is 0 Å². The van der Waals surface area contributed by atoms with Gasteiger partial charge in [0.15, 0.2) is 5.82 Å². The second kappa shape index (κ2) is 12.0. The smallest absolute Gasteiger partial charge is 0.159 e. The van der Waals surface area contributed by atoms with Gasteiger partial charge in [-0.25, -0.2) is 4.98 Å². The third kappa shape index (κ3) is 6.31. The topological polar surface area (TPSA) is 73.5 Å². The van der Waals surface area contributed by atoms with E-state index in [1.54, 1.807) is 17.4 Å². The van der Waals surface area contributed by atoms with Gasteiger partial charge in [-0.2, -0.15) is 5.10 Å². The van der Waals surface area contributed by atoms with Gasteiger partial charge < -0.3 is 9.88 Å². The average molecular weight is 511 g/mol. The largest absolute Gasteiger partial charge is 0.340 e. The number of hydrogen-bond acceptors (Lipinski definition) is 5. The number of nitrogens with one attached hydrogen (secondary N) is 2. The summed E-state index contributed by atoms with van der Waals surface area (Å²) in [5.41, 5.74) is 7.10. The van der Waals surface area contributed by atoms with Gasteiger partial charge in [0, 0.05) is 33.8 Å². The lowest BCUT2D eigenvalue weighted by atomic mass is 10.0. The highest BCUT2D eigenvalue weighted by atomic mass is 32.1. The maximum atomic E-state index is 4.89. The van der Waals surface area contributed by atoms with Gasteiger partial charge in [-0.05, 0) is 87.6 Å². The minimum atomic E-state index is 0.690. The van der Waals surface area contributed by atoms with E-state index in [4.69, 9.17) is 4.98 Å². The van der Waals surface area contributed by atoms with Crippen LogP contribution in [-0.2, 0) is 6.42 Å². The molecule has 0 aliphatic heterocycles. The molecule has 0 spiro atoms. The summed E-state index contributed by atoms with van der Waals surface area (Å²) in [5, 5.41) is 11.3. The first-order valence-electron chi connectivity index (χ1n) is 12.3. The molecule has 190 valence electrons. The van der Waals surface area contributed by atoms with Crippen molar-refractivity contribution >= 4 is 35.1 Å². The van der Waals surface area contributed by atoms with E-state index in [0.717, 1.165) is 62.9 Å². The molecule has 0 bridgehead atoms. The molecule has 4 aromatic heterocycles. The molecule has 4 heterocycles. The van der Waals surface area contributed by atoms with E-state index in [1.165, 1.54) is 5.56 Å². The zero-order chi connectivity index (χ0) is 26.4. The summed E-state index contributed by atoms with van der Waals surface area (Å²) in [6, 6.07) is 6.35. The van der Waals surface area contributed by atoms with Crippen LogP contribution in [0.4, 0.5) is 0 Å². The summed E-state index contributed by atoms with van der Waals surface area (Å²) in [7, 11) is 4.20. The molecule has 0 aliphatic rings. The maximum Gasteiger partial charge on any atom is 0.159 e. The summed E-state index contributed by atoms with van der Waals surface area (Å²) in [4.78, 5) is 16.1. The number of pyridine rings is 1. The number of H-pyrrole nitrogens is 2. The third-order valence-electron chi connectivity index (χ3n) is 6.16. The van der Waals surface area contributed by atoms with Crippen LogP contribution in [0.15, 0.2) is 60.8 Å². The summed E-state index contributed by atoms with van der Waals surface area (Å²) in [6.45, 7) is 13.3. The van der Waals surface area contributed by atoms with Crippen molar-refractivity contribution in [3.8, 4) is 11.5 Å². The third-order valence-corrected chi connectivity index (χ3v) is 7.06. The van der Waals surface area contributed by atoms with Crippen LogP contribution in [0.2, 0.25) is 0 Å². The van der Waals surface area contributed by atoms with Crippen LogP contribution in [-0.4, -0.2) is 50.7 Å². The zero-order valence-electron chi connectivity index (χ0n) is 22.0. The minimum Gasteiger partial charge on any atom is -0.340 e. The first-order chi connectivity index (χ1) is 17.9. The van der Waals surface area contributed by atoms with E-state index in [0.29, 0.717) is 11.5 Å². The van der Waals surface area contributed by atoms with E-state index in [2.05, 4.69) is 82.8 Å². The molecule has 0 saturated carbocycles. The fraction of sp³-hybridized carbons (Fsp3) is 0.233. The molecule has 37 heavy (non-hydrogen) atoms. The molecule has 2 N–H and O–H groups in total. The molecule has 0 radical (unpaired) electrons. The van der Waals surface area contributed by atoms with Gasteiger partial charge in [-0.1, -0.05) is 37.5 Å². The van der Waals surface area contributed by atoms with Crippen molar-refractivity contribution in [3.05, 3.63) is 98.7 Å². The molecule has 0 atom stereocenters. The second-order valence-electron chi connectivity index (χ2n) is 9.32. The normalized spacial score (nSPS) is 13.1. The van der Waals surface area contributed by atoms with Crippen LogP contribution < -0.4 is 10.6 Å². The van der Waals surface area contributed by atoms with Crippen molar-refractivity contribution in [1.82, 2.24) is 30.0 Å². The maximum absolute atomic E-state index is 4.89. The standard InChI is InChI=1S/C30H34N6S/c1-7-10-25(27-12-9-16-37-27)29-22(4)32-30(33-29)28-21(3)26(34-35-28)14-13-20(2)24-17-23(18-31-19-24)11-8-15-36(5)6/h7,9-10,12-14,16-19,34H,1,3,8,11,15H2,2,4-6H3,(H,32,33)/b20-13+,25-10-,26-14+. The number of thiophene rings is 1. The predicted octanol–water partition coefficient (Wildman–Crippen LogP) is 4.97. The first-order valence-corrected chi connectivity index (χ1v) is 13.2. The number of aromatic nitrogens is 5. The van der Waals surface area contributed by atoms with E-state index in [9.17, 15) is 0 Å².